The lowest BCUT2D eigenvalue weighted by Crippen LogP contribution is -2.15. The van der Waals surface area contributed by atoms with Crippen molar-refractivity contribution in [2.45, 2.75) is 13.8 Å². The maximum absolute atomic E-state index is 5.68. The summed E-state index contributed by atoms with van der Waals surface area (Å²) in [5, 5.41) is 3.33. The van der Waals surface area contributed by atoms with Crippen LogP contribution in [-0.2, 0) is 0 Å². The van der Waals surface area contributed by atoms with Crippen LogP contribution >= 0.6 is 0 Å². The van der Waals surface area contributed by atoms with Gasteiger partial charge in [0.1, 0.15) is 18.9 Å². The van der Waals surface area contributed by atoms with Gasteiger partial charge < -0.3 is 19.2 Å². The molecule has 0 saturated heterocycles. The number of pyridine rings is 1. The fourth-order valence-corrected chi connectivity index (χ4v) is 2.93. The summed E-state index contributed by atoms with van der Waals surface area (Å²) in [6.07, 6.45) is 2.09. The SMILES string of the molecule is CCNc1ccc2nc(-c3ccc4c(c3)OCCO4)c(C)n2c1. The normalized spacial score (nSPS) is 13.3. The van der Waals surface area contributed by atoms with Gasteiger partial charge in [0.2, 0.25) is 0 Å². The van der Waals surface area contributed by atoms with Crippen LogP contribution in [0.2, 0.25) is 0 Å². The second-order valence-corrected chi connectivity index (χ2v) is 5.58. The van der Waals surface area contributed by atoms with Crippen LogP contribution < -0.4 is 14.8 Å². The summed E-state index contributed by atoms with van der Waals surface area (Å²) in [6.45, 7) is 6.27. The van der Waals surface area contributed by atoms with Crippen molar-refractivity contribution in [3.8, 4) is 22.8 Å². The summed E-state index contributed by atoms with van der Waals surface area (Å²) in [7, 11) is 0. The molecule has 1 N–H and O–H groups in total. The van der Waals surface area contributed by atoms with Gasteiger partial charge in [0.25, 0.3) is 0 Å². The summed E-state index contributed by atoms with van der Waals surface area (Å²) in [5.74, 6) is 1.59. The highest BCUT2D eigenvalue weighted by molar-refractivity contribution is 5.70. The molecule has 0 fully saturated rings. The molecule has 118 valence electrons. The van der Waals surface area contributed by atoms with E-state index in [0.29, 0.717) is 13.2 Å². The summed E-state index contributed by atoms with van der Waals surface area (Å²) in [5.41, 5.74) is 5.15. The predicted molar refractivity (Wildman–Crippen MR) is 90.5 cm³/mol. The van der Waals surface area contributed by atoms with Crippen LogP contribution in [-0.4, -0.2) is 29.1 Å². The van der Waals surface area contributed by atoms with Gasteiger partial charge in [-0.2, -0.15) is 0 Å². The first-order valence-corrected chi connectivity index (χ1v) is 7.89. The van der Waals surface area contributed by atoms with Gasteiger partial charge in [-0.05, 0) is 44.2 Å². The minimum atomic E-state index is 0.590. The van der Waals surface area contributed by atoms with Crippen LogP contribution in [0, 0.1) is 6.92 Å². The smallest absolute Gasteiger partial charge is 0.162 e. The molecule has 0 amide bonds. The molecule has 3 aromatic rings. The number of nitrogens with one attached hydrogen (secondary N) is 1. The van der Waals surface area contributed by atoms with E-state index in [1.165, 1.54) is 0 Å². The molecule has 1 aliphatic rings. The fourth-order valence-electron chi connectivity index (χ4n) is 2.93. The molecule has 0 atom stereocenters. The highest BCUT2D eigenvalue weighted by Gasteiger charge is 2.16. The first-order valence-electron chi connectivity index (χ1n) is 7.89. The average Bonchev–Trinajstić information content (AvgIpc) is 2.91. The van der Waals surface area contributed by atoms with Crippen LogP contribution in [0.5, 0.6) is 11.5 Å². The number of rotatable bonds is 3. The molecule has 1 aromatic carbocycles. The highest BCUT2D eigenvalue weighted by Crippen LogP contribution is 2.35. The van der Waals surface area contributed by atoms with Gasteiger partial charge in [-0.1, -0.05) is 0 Å². The van der Waals surface area contributed by atoms with Crippen molar-refractivity contribution in [2.75, 3.05) is 25.1 Å². The number of ether oxygens (including phenoxy) is 2. The van der Waals surface area contributed by atoms with Gasteiger partial charge in [0.05, 0.1) is 11.4 Å². The number of benzene rings is 1. The zero-order valence-electron chi connectivity index (χ0n) is 13.3. The number of hydrogen-bond donors (Lipinski definition) is 1. The Balaban J connectivity index is 1.80. The van der Waals surface area contributed by atoms with E-state index in [9.17, 15) is 0 Å². The number of anilines is 1. The molecule has 5 nitrogen and oxygen atoms in total. The van der Waals surface area contributed by atoms with Gasteiger partial charge in [-0.3, -0.25) is 0 Å². The Hall–Kier alpha value is -2.69. The molecule has 0 saturated carbocycles. The maximum Gasteiger partial charge on any atom is 0.162 e. The van der Waals surface area contributed by atoms with E-state index in [0.717, 1.165) is 46.3 Å². The van der Waals surface area contributed by atoms with Crippen LogP contribution in [0.15, 0.2) is 36.5 Å². The number of nitrogens with zero attached hydrogens (tertiary/aromatic N) is 2. The van der Waals surface area contributed by atoms with Crippen molar-refractivity contribution in [3.05, 3.63) is 42.2 Å². The molecule has 4 rings (SSSR count). The first-order chi connectivity index (χ1) is 11.3. The Morgan fingerprint density at radius 3 is 2.78 bits per heavy atom. The van der Waals surface area contributed by atoms with Crippen LogP contribution in [0.1, 0.15) is 12.6 Å². The van der Waals surface area contributed by atoms with E-state index in [-0.39, 0.29) is 0 Å². The molecule has 3 heterocycles. The molecular formula is C18H19N3O2. The van der Waals surface area contributed by atoms with Crippen molar-refractivity contribution >= 4 is 11.3 Å². The number of aromatic nitrogens is 2. The minimum absolute atomic E-state index is 0.590. The molecule has 2 aromatic heterocycles. The van der Waals surface area contributed by atoms with E-state index in [4.69, 9.17) is 14.5 Å². The van der Waals surface area contributed by atoms with E-state index in [1.807, 2.05) is 24.3 Å². The maximum atomic E-state index is 5.68. The lowest BCUT2D eigenvalue weighted by molar-refractivity contribution is 0.171. The second-order valence-electron chi connectivity index (χ2n) is 5.58. The van der Waals surface area contributed by atoms with E-state index < -0.39 is 0 Å². The van der Waals surface area contributed by atoms with Gasteiger partial charge in [0, 0.05) is 24.0 Å². The number of aryl methyl sites for hydroxylation is 1. The van der Waals surface area contributed by atoms with E-state index in [2.05, 4.69) is 35.8 Å². The summed E-state index contributed by atoms with van der Waals surface area (Å²) in [4.78, 5) is 4.77. The molecule has 0 unspecified atom stereocenters. The fraction of sp³-hybridized carbons (Fsp3) is 0.278. The third-order valence-electron chi connectivity index (χ3n) is 4.05. The van der Waals surface area contributed by atoms with Crippen molar-refractivity contribution in [1.29, 1.82) is 0 Å². The largest absolute Gasteiger partial charge is 0.486 e. The van der Waals surface area contributed by atoms with Crippen LogP contribution in [0.3, 0.4) is 0 Å². The van der Waals surface area contributed by atoms with Crippen LogP contribution in [0.25, 0.3) is 16.9 Å². The monoisotopic (exact) mass is 309 g/mol. The lowest BCUT2D eigenvalue weighted by Gasteiger charge is -2.18. The lowest BCUT2D eigenvalue weighted by atomic mass is 10.1. The van der Waals surface area contributed by atoms with Gasteiger partial charge >= 0.3 is 0 Å². The molecule has 1 aliphatic heterocycles. The van der Waals surface area contributed by atoms with Crippen molar-refractivity contribution in [3.63, 3.8) is 0 Å². The number of hydrogen-bond acceptors (Lipinski definition) is 4. The topological polar surface area (TPSA) is 47.8 Å². The van der Waals surface area contributed by atoms with E-state index >= 15 is 0 Å². The molecular weight excluding hydrogens is 290 g/mol. The van der Waals surface area contributed by atoms with Crippen molar-refractivity contribution in [1.82, 2.24) is 9.38 Å². The predicted octanol–water partition coefficient (Wildman–Crippen LogP) is 3.51. The second kappa shape index (κ2) is 5.50. The summed E-state index contributed by atoms with van der Waals surface area (Å²) < 4.78 is 13.4. The highest BCUT2D eigenvalue weighted by atomic mass is 16.6. The molecule has 0 radical (unpaired) electrons. The van der Waals surface area contributed by atoms with Gasteiger partial charge in [0.15, 0.2) is 11.5 Å². The molecule has 23 heavy (non-hydrogen) atoms. The zero-order valence-corrected chi connectivity index (χ0v) is 13.3. The van der Waals surface area contributed by atoms with Crippen molar-refractivity contribution < 1.29 is 9.47 Å². The quantitative estimate of drug-likeness (QED) is 0.804. The molecule has 0 aliphatic carbocycles. The molecule has 0 spiro atoms. The third-order valence-corrected chi connectivity index (χ3v) is 4.05. The zero-order chi connectivity index (χ0) is 15.8. The Bertz CT molecular complexity index is 870. The minimum Gasteiger partial charge on any atom is -0.486 e. The molecule has 5 heteroatoms. The average molecular weight is 309 g/mol. The van der Waals surface area contributed by atoms with Gasteiger partial charge in [-0.15, -0.1) is 0 Å². The summed E-state index contributed by atoms with van der Waals surface area (Å²) in [6, 6.07) is 10.1. The summed E-state index contributed by atoms with van der Waals surface area (Å²) >= 11 is 0. The number of imidazole rings is 1. The Morgan fingerprint density at radius 1 is 1.13 bits per heavy atom. The van der Waals surface area contributed by atoms with Crippen LogP contribution in [0.4, 0.5) is 5.69 Å². The Labute approximate surface area is 134 Å². The van der Waals surface area contributed by atoms with E-state index in [1.54, 1.807) is 0 Å². The standard InChI is InChI=1S/C18H19N3O2/c1-3-19-14-5-7-17-20-18(12(2)21(17)11-14)13-4-6-15-16(10-13)23-9-8-22-15/h4-7,10-11,19H,3,8-9H2,1-2H3. The third kappa shape index (κ3) is 2.38. The van der Waals surface area contributed by atoms with Gasteiger partial charge in [-0.25, -0.2) is 4.98 Å². The first kappa shape index (κ1) is 13.9. The molecule has 0 bridgehead atoms. The Kier molecular flexibility index (Phi) is 3.33. The number of fused-ring (bicyclic) bond motifs is 2. The Morgan fingerprint density at radius 2 is 1.96 bits per heavy atom. The van der Waals surface area contributed by atoms with Crippen molar-refractivity contribution in [2.24, 2.45) is 0 Å².